The van der Waals surface area contributed by atoms with E-state index in [2.05, 4.69) is 11.6 Å². The molecular weight excluding hydrogens is 382 g/mol. The molecular formula is C20H35NO4S2. The first kappa shape index (κ1) is 24.1. The maximum absolute atomic E-state index is 12.1. The van der Waals surface area contributed by atoms with E-state index in [9.17, 15) is 12.6 Å². The van der Waals surface area contributed by atoms with E-state index in [4.69, 9.17) is 4.18 Å². The van der Waals surface area contributed by atoms with Gasteiger partial charge in [0.25, 0.3) is 0 Å². The minimum absolute atomic E-state index is 0.176. The highest BCUT2D eigenvalue weighted by atomic mass is 32.2. The van der Waals surface area contributed by atoms with Crippen LogP contribution in [-0.2, 0) is 21.1 Å². The smallest absolute Gasteiger partial charge is 0.240 e. The Hall–Kier alpha value is -0.920. The third-order valence-corrected chi connectivity index (χ3v) is 6.97. The predicted octanol–water partition coefficient (Wildman–Crippen LogP) is 4.87. The molecule has 0 bridgehead atoms. The van der Waals surface area contributed by atoms with Gasteiger partial charge < -0.3 is 4.18 Å². The molecule has 0 aromatic heterocycles. The monoisotopic (exact) mass is 417 g/mol. The summed E-state index contributed by atoms with van der Waals surface area (Å²) in [5.41, 5.74) is 0.655. The molecule has 0 radical (unpaired) electrons. The van der Waals surface area contributed by atoms with Crippen LogP contribution in [0, 0.1) is 6.92 Å². The minimum atomic E-state index is -3.48. The normalized spacial score (nSPS) is 12.9. The van der Waals surface area contributed by atoms with Gasteiger partial charge in [-0.25, -0.2) is 17.3 Å². The molecule has 0 aliphatic heterocycles. The lowest BCUT2D eigenvalue weighted by molar-refractivity contribution is 0.545. The summed E-state index contributed by atoms with van der Waals surface area (Å²) in [6.07, 6.45) is 12.3. The van der Waals surface area contributed by atoms with Gasteiger partial charge in [0.1, 0.15) is 5.75 Å². The van der Waals surface area contributed by atoms with Gasteiger partial charge in [0.15, 0.2) is 0 Å². The van der Waals surface area contributed by atoms with Crippen LogP contribution in [0.3, 0.4) is 0 Å². The summed E-state index contributed by atoms with van der Waals surface area (Å²) < 4.78 is 43.4. The number of hydrogen-bond acceptors (Lipinski definition) is 4. The van der Waals surface area contributed by atoms with Crippen molar-refractivity contribution in [2.75, 3.05) is 12.8 Å². The summed E-state index contributed by atoms with van der Waals surface area (Å²) >= 11 is -1.39. The van der Waals surface area contributed by atoms with Crippen molar-refractivity contribution in [2.24, 2.45) is 0 Å². The van der Waals surface area contributed by atoms with Gasteiger partial charge in [0.2, 0.25) is 21.1 Å². The molecule has 0 aliphatic rings. The lowest BCUT2D eigenvalue weighted by Crippen LogP contribution is -2.18. The second-order valence-corrected chi connectivity index (χ2v) is 9.98. The summed E-state index contributed by atoms with van der Waals surface area (Å²) in [7, 11) is -2.11. The Kier molecular flexibility index (Phi) is 11.9. The Bertz CT molecular complexity index is 675. The maximum Gasteiger partial charge on any atom is 0.240 e. The largest absolute Gasteiger partial charge is 0.400 e. The second kappa shape index (κ2) is 13.3. The fourth-order valence-electron chi connectivity index (χ4n) is 2.85. The van der Waals surface area contributed by atoms with Gasteiger partial charge in [0, 0.05) is 0 Å². The molecule has 1 N–H and O–H groups in total. The van der Waals surface area contributed by atoms with Crippen molar-refractivity contribution in [2.45, 2.75) is 83.0 Å². The Labute approximate surface area is 168 Å². The van der Waals surface area contributed by atoms with Crippen LogP contribution in [0.5, 0.6) is 5.75 Å². The molecule has 0 amide bonds. The summed E-state index contributed by atoms with van der Waals surface area (Å²) in [4.78, 5) is 0.176. The van der Waals surface area contributed by atoms with Crippen LogP contribution in [0.4, 0.5) is 0 Å². The third kappa shape index (κ3) is 9.72. The van der Waals surface area contributed by atoms with Crippen molar-refractivity contribution < 1.29 is 16.8 Å². The fraction of sp³-hybridized carbons (Fsp3) is 0.700. The highest BCUT2D eigenvalue weighted by Crippen LogP contribution is 2.22. The summed E-state index contributed by atoms with van der Waals surface area (Å²) in [6.45, 7) is 3.99. The van der Waals surface area contributed by atoms with Crippen LogP contribution >= 0.6 is 0 Å². The van der Waals surface area contributed by atoms with Crippen LogP contribution in [0.1, 0.15) is 76.7 Å². The number of aryl methyl sites for hydroxylation is 1. The van der Waals surface area contributed by atoms with Gasteiger partial charge >= 0.3 is 0 Å². The third-order valence-electron chi connectivity index (χ3n) is 4.57. The molecule has 0 spiro atoms. The van der Waals surface area contributed by atoms with Crippen molar-refractivity contribution in [3.63, 3.8) is 0 Å². The van der Waals surface area contributed by atoms with Crippen molar-refractivity contribution in [1.82, 2.24) is 4.72 Å². The standard InChI is InChI=1S/C20H35NO4S2/c1-4-5-6-7-8-9-10-11-12-13-16-26(22)25-20-15-14-19(17-18(20)2)27(23,24)21-3/h14-15,17,21H,4-13,16H2,1-3H3. The first-order chi connectivity index (χ1) is 12.9. The van der Waals surface area contributed by atoms with Crippen LogP contribution < -0.4 is 8.91 Å². The zero-order valence-electron chi connectivity index (χ0n) is 17.0. The molecule has 1 rings (SSSR count). The molecule has 1 atom stereocenters. The van der Waals surface area contributed by atoms with E-state index in [1.807, 2.05) is 0 Å². The number of sulfonamides is 1. The van der Waals surface area contributed by atoms with E-state index in [0.717, 1.165) is 12.8 Å². The number of rotatable bonds is 15. The molecule has 0 heterocycles. The molecule has 5 nitrogen and oxygen atoms in total. The molecule has 0 fully saturated rings. The zero-order chi connectivity index (χ0) is 20.1. The van der Waals surface area contributed by atoms with Crippen molar-refractivity contribution in [3.8, 4) is 5.75 Å². The van der Waals surface area contributed by atoms with E-state index >= 15 is 0 Å². The van der Waals surface area contributed by atoms with Crippen molar-refractivity contribution in [3.05, 3.63) is 23.8 Å². The van der Waals surface area contributed by atoms with E-state index in [1.165, 1.54) is 70.5 Å². The first-order valence-corrected chi connectivity index (χ1v) is 12.7. The number of unbranched alkanes of at least 4 members (excludes halogenated alkanes) is 9. The lowest BCUT2D eigenvalue weighted by Gasteiger charge is -2.10. The molecule has 7 heteroatoms. The average molecular weight is 418 g/mol. The molecule has 1 aromatic carbocycles. The van der Waals surface area contributed by atoms with E-state index in [1.54, 1.807) is 13.0 Å². The van der Waals surface area contributed by atoms with Crippen LogP contribution in [0.25, 0.3) is 0 Å². The number of hydrogen-bond donors (Lipinski definition) is 1. The quantitative estimate of drug-likeness (QED) is 0.413. The average Bonchev–Trinajstić information content (AvgIpc) is 2.64. The Morgan fingerprint density at radius 1 is 0.963 bits per heavy atom. The van der Waals surface area contributed by atoms with Gasteiger partial charge in [-0.2, -0.15) is 0 Å². The van der Waals surface area contributed by atoms with Gasteiger partial charge in [-0.3, -0.25) is 0 Å². The summed E-state index contributed by atoms with van der Waals surface area (Å²) in [5, 5.41) is 0. The van der Waals surface area contributed by atoms with Crippen LogP contribution in [0.2, 0.25) is 0 Å². The van der Waals surface area contributed by atoms with E-state index in [0.29, 0.717) is 17.1 Å². The van der Waals surface area contributed by atoms with Gasteiger partial charge in [-0.15, -0.1) is 0 Å². The molecule has 1 aromatic rings. The predicted molar refractivity (Wildman–Crippen MR) is 113 cm³/mol. The zero-order valence-corrected chi connectivity index (χ0v) is 18.6. The van der Waals surface area contributed by atoms with Crippen LogP contribution in [-0.4, -0.2) is 25.4 Å². The van der Waals surface area contributed by atoms with E-state index in [-0.39, 0.29) is 4.90 Å². The fourth-order valence-corrected chi connectivity index (χ4v) is 4.57. The molecule has 0 saturated heterocycles. The topological polar surface area (TPSA) is 72.5 Å². The summed E-state index contributed by atoms with van der Waals surface area (Å²) in [5.74, 6) is 0.974. The first-order valence-electron chi connectivity index (χ1n) is 10.0. The SMILES string of the molecule is CCCCCCCCCCCCS(=O)Oc1ccc(S(=O)(=O)NC)cc1C. The highest BCUT2D eigenvalue weighted by molar-refractivity contribution is 7.89. The van der Waals surface area contributed by atoms with Gasteiger partial charge in [0.05, 0.1) is 10.6 Å². The second-order valence-electron chi connectivity index (χ2n) is 6.91. The summed E-state index contributed by atoms with van der Waals surface area (Å²) in [6, 6.07) is 4.56. The Morgan fingerprint density at radius 3 is 2.04 bits per heavy atom. The lowest BCUT2D eigenvalue weighted by atomic mass is 10.1. The van der Waals surface area contributed by atoms with E-state index < -0.39 is 21.1 Å². The Balaban J connectivity index is 2.24. The highest BCUT2D eigenvalue weighted by Gasteiger charge is 2.14. The molecule has 156 valence electrons. The Morgan fingerprint density at radius 2 is 1.52 bits per heavy atom. The van der Waals surface area contributed by atoms with Gasteiger partial charge in [-0.05, 0) is 44.2 Å². The van der Waals surface area contributed by atoms with Gasteiger partial charge in [-0.1, -0.05) is 64.7 Å². The molecule has 0 saturated carbocycles. The number of nitrogens with one attached hydrogen (secondary N) is 1. The molecule has 1 unspecified atom stereocenters. The molecule has 27 heavy (non-hydrogen) atoms. The van der Waals surface area contributed by atoms with Crippen LogP contribution in [0.15, 0.2) is 23.1 Å². The minimum Gasteiger partial charge on any atom is -0.400 e. The number of benzene rings is 1. The van der Waals surface area contributed by atoms with Crippen molar-refractivity contribution >= 4 is 21.1 Å². The molecule has 0 aliphatic carbocycles. The van der Waals surface area contributed by atoms with Crippen molar-refractivity contribution in [1.29, 1.82) is 0 Å². The maximum atomic E-state index is 12.1.